The van der Waals surface area contributed by atoms with Gasteiger partial charge in [-0.3, -0.25) is 0 Å². The lowest BCUT2D eigenvalue weighted by molar-refractivity contribution is 1.15. The fraction of sp³-hybridized carbons (Fsp3) is 0.182. The number of rotatable bonds is 1. The van der Waals surface area contributed by atoms with Gasteiger partial charge in [0, 0.05) is 4.70 Å². The van der Waals surface area contributed by atoms with Gasteiger partial charge in [-0.1, -0.05) is 6.92 Å². The molecule has 0 N–H and O–H groups in total. The summed E-state index contributed by atoms with van der Waals surface area (Å²) in [6.45, 7) is 2.08. The molecule has 1 aromatic heterocycles. The molecule has 0 aliphatic rings. The van der Waals surface area contributed by atoms with E-state index >= 15 is 0 Å². The lowest BCUT2D eigenvalue weighted by atomic mass is 10.0. The normalized spacial score (nSPS) is 10.4. The topological polar surface area (TPSA) is 23.8 Å². The summed E-state index contributed by atoms with van der Waals surface area (Å²) >= 11 is 5.18. The van der Waals surface area contributed by atoms with E-state index in [1.807, 2.05) is 12.1 Å². The Balaban J connectivity index is 2.84. The predicted octanol–water partition coefficient (Wildman–Crippen LogP) is 4.10. The Morgan fingerprint density at radius 1 is 1.50 bits per heavy atom. The SMILES string of the molecule is CCc1c(C#N)ccc2sc(Br)cc12. The third kappa shape index (κ3) is 1.45. The number of halogens is 1. The van der Waals surface area contributed by atoms with Gasteiger partial charge in [-0.2, -0.15) is 5.26 Å². The molecule has 70 valence electrons. The molecule has 0 saturated carbocycles. The molecule has 0 unspecified atom stereocenters. The van der Waals surface area contributed by atoms with Crippen molar-refractivity contribution in [2.75, 3.05) is 0 Å². The molecule has 2 rings (SSSR count). The van der Waals surface area contributed by atoms with E-state index in [4.69, 9.17) is 5.26 Å². The molecular formula is C11H8BrNS. The van der Waals surface area contributed by atoms with E-state index in [-0.39, 0.29) is 0 Å². The minimum Gasteiger partial charge on any atom is -0.192 e. The second-order valence-corrected chi connectivity index (χ2v) is 5.48. The molecule has 1 nitrogen and oxygen atoms in total. The highest BCUT2D eigenvalue weighted by Gasteiger charge is 2.08. The van der Waals surface area contributed by atoms with Gasteiger partial charge in [0.05, 0.1) is 15.4 Å². The third-order valence-corrected chi connectivity index (χ3v) is 3.86. The Bertz CT molecular complexity index is 522. The van der Waals surface area contributed by atoms with Crippen molar-refractivity contribution >= 4 is 37.4 Å². The highest BCUT2D eigenvalue weighted by atomic mass is 79.9. The van der Waals surface area contributed by atoms with E-state index in [1.54, 1.807) is 11.3 Å². The van der Waals surface area contributed by atoms with Gasteiger partial charge in [-0.25, -0.2) is 0 Å². The van der Waals surface area contributed by atoms with Gasteiger partial charge in [0.25, 0.3) is 0 Å². The van der Waals surface area contributed by atoms with Crippen LogP contribution in [0.25, 0.3) is 10.1 Å². The molecule has 0 radical (unpaired) electrons. The zero-order chi connectivity index (χ0) is 10.1. The largest absolute Gasteiger partial charge is 0.192 e. The van der Waals surface area contributed by atoms with E-state index < -0.39 is 0 Å². The molecule has 0 bridgehead atoms. The van der Waals surface area contributed by atoms with Gasteiger partial charge in [0.15, 0.2) is 0 Å². The lowest BCUT2D eigenvalue weighted by Crippen LogP contribution is -1.87. The number of nitriles is 1. The third-order valence-electron chi connectivity index (χ3n) is 2.26. The van der Waals surface area contributed by atoms with E-state index in [0.29, 0.717) is 0 Å². The Morgan fingerprint density at radius 2 is 2.29 bits per heavy atom. The zero-order valence-corrected chi connectivity index (χ0v) is 10.1. The monoisotopic (exact) mass is 265 g/mol. The number of hydrogen-bond acceptors (Lipinski definition) is 2. The first kappa shape index (κ1) is 9.70. The summed E-state index contributed by atoms with van der Waals surface area (Å²) in [4.78, 5) is 0. The van der Waals surface area contributed by atoms with Crippen molar-refractivity contribution in [2.24, 2.45) is 0 Å². The quantitative estimate of drug-likeness (QED) is 0.762. The van der Waals surface area contributed by atoms with E-state index in [9.17, 15) is 0 Å². The number of fused-ring (bicyclic) bond motifs is 1. The van der Waals surface area contributed by atoms with E-state index in [2.05, 4.69) is 35.0 Å². The standard InChI is InChI=1S/C11H8BrNS/c1-2-8-7(6-13)3-4-10-9(8)5-11(12)14-10/h3-5H,2H2,1H3. The zero-order valence-electron chi connectivity index (χ0n) is 7.67. The van der Waals surface area contributed by atoms with Crippen LogP contribution in [-0.4, -0.2) is 0 Å². The molecule has 0 aliphatic carbocycles. The first-order chi connectivity index (χ1) is 6.76. The minimum absolute atomic E-state index is 0.797. The smallest absolute Gasteiger partial charge is 0.0994 e. The van der Waals surface area contributed by atoms with Crippen LogP contribution in [0.2, 0.25) is 0 Å². The van der Waals surface area contributed by atoms with Crippen molar-refractivity contribution in [1.29, 1.82) is 5.26 Å². The Kier molecular flexibility index (Phi) is 2.58. The molecule has 2 aromatic rings. The summed E-state index contributed by atoms with van der Waals surface area (Å²) in [5.41, 5.74) is 1.96. The van der Waals surface area contributed by atoms with Crippen molar-refractivity contribution in [3.8, 4) is 6.07 Å². The van der Waals surface area contributed by atoms with Crippen LogP contribution in [0.1, 0.15) is 18.1 Å². The second-order valence-electron chi connectivity index (χ2n) is 3.02. The van der Waals surface area contributed by atoms with Gasteiger partial charge in [0.1, 0.15) is 0 Å². The maximum Gasteiger partial charge on any atom is 0.0994 e. The maximum absolute atomic E-state index is 8.96. The first-order valence-corrected chi connectivity index (χ1v) is 5.98. The molecule has 0 atom stereocenters. The molecule has 3 heteroatoms. The number of aryl methyl sites for hydroxylation is 1. The highest BCUT2D eigenvalue weighted by Crippen LogP contribution is 2.33. The Morgan fingerprint density at radius 3 is 2.93 bits per heavy atom. The molecule has 0 spiro atoms. The average Bonchev–Trinajstić information content (AvgIpc) is 2.56. The average molecular weight is 266 g/mol. The summed E-state index contributed by atoms with van der Waals surface area (Å²) in [5.74, 6) is 0. The van der Waals surface area contributed by atoms with Gasteiger partial charge in [0.2, 0.25) is 0 Å². The number of thiophene rings is 1. The van der Waals surface area contributed by atoms with Crippen molar-refractivity contribution in [3.63, 3.8) is 0 Å². The van der Waals surface area contributed by atoms with Crippen LogP contribution in [-0.2, 0) is 6.42 Å². The van der Waals surface area contributed by atoms with Gasteiger partial charge in [-0.05, 0) is 51.5 Å². The van der Waals surface area contributed by atoms with Crippen molar-refractivity contribution in [3.05, 3.63) is 33.1 Å². The van der Waals surface area contributed by atoms with Crippen LogP contribution in [0.5, 0.6) is 0 Å². The van der Waals surface area contributed by atoms with Crippen molar-refractivity contribution in [2.45, 2.75) is 13.3 Å². The van der Waals surface area contributed by atoms with Crippen molar-refractivity contribution in [1.82, 2.24) is 0 Å². The van der Waals surface area contributed by atoms with Crippen LogP contribution in [0.15, 0.2) is 22.0 Å². The minimum atomic E-state index is 0.797. The molecule has 0 aliphatic heterocycles. The Labute approximate surface area is 95.1 Å². The molecule has 0 amide bonds. The fourth-order valence-electron chi connectivity index (χ4n) is 1.62. The number of hydrogen-bond donors (Lipinski definition) is 0. The molecule has 1 aromatic carbocycles. The molecule has 1 heterocycles. The van der Waals surface area contributed by atoms with E-state index in [1.165, 1.54) is 10.1 Å². The number of benzene rings is 1. The van der Waals surface area contributed by atoms with Crippen LogP contribution >= 0.6 is 27.3 Å². The van der Waals surface area contributed by atoms with Crippen LogP contribution < -0.4 is 0 Å². The summed E-state index contributed by atoms with van der Waals surface area (Å²) < 4.78 is 2.37. The lowest BCUT2D eigenvalue weighted by Gasteiger charge is -2.01. The van der Waals surface area contributed by atoms with E-state index in [0.717, 1.165) is 21.3 Å². The van der Waals surface area contributed by atoms with Crippen LogP contribution in [0.4, 0.5) is 0 Å². The second kappa shape index (κ2) is 3.72. The summed E-state index contributed by atoms with van der Waals surface area (Å²) in [6.07, 6.45) is 0.906. The summed E-state index contributed by atoms with van der Waals surface area (Å²) in [5, 5.41) is 10.2. The van der Waals surface area contributed by atoms with Crippen molar-refractivity contribution < 1.29 is 0 Å². The van der Waals surface area contributed by atoms with Gasteiger partial charge < -0.3 is 0 Å². The maximum atomic E-state index is 8.96. The van der Waals surface area contributed by atoms with Gasteiger partial charge >= 0.3 is 0 Å². The van der Waals surface area contributed by atoms with Crippen LogP contribution in [0.3, 0.4) is 0 Å². The first-order valence-electron chi connectivity index (χ1n) is 4.37. The van der Waals surface area contributed by atoms with Crippen LogP contribution in [0, 0.1) is 11.3 Å². The molecule has 0 fully saturated rings. The highest BCUT2D eigenvalue weighted by molar-refractivity contribution is 9.11. The van der Waals surface area contributed by atoms with Gasteiger partial charge in [-0.15, -0.1) is 11.3 Å². The molecular weight excluding hydrogens is 258 g/mol. The summed E-state index contributed by atoms with van der Waals surface area (Å²) in [7, 11) is 0. The number of nitrogens with zero attached hydrogens (tertiary/aromatic N) is 1. The molecule has 0 saturated heterocycles. The fourth-order valence-corrected chi connectivity index (χ4v) is 3.19. The summed E-state index contributed by atoms with van der Waals surface area (Å²) in [6, 6.07) is 8.26. The molecule has 14 heavy (non-hydrogen) atoms. The predicted molar refractivity (Wildman–Crippen MR) is 63.6 cm³/mol. The Hall–Kier alpha value is -0.850.